The fourth-order valence-electron chi connectivity index (χ4n) is 1.36. The van der Waals surface area contributed by atoms with Gasteiger partial charge in [0.25, 0.3) is 0 Å². The predicted octanol–water partition coefficient (Wildman–Crippen LogP) is 3.67. The number of rotatable bonds is 9. The Hall–Kier alpha value is -0.290. The lowest BCUT2D eigenvalue weighted by atomic mass is 10.2. The second-order valence-corrected chi connectivity index (χ2v) is 4.67. The molecule has 18 heavy (non-hydrogen) atoms. The molecule has 0 aliphatic heterocycles. The minimum Gasteiger partial charge on any atom is -0.490 e. The van der Waals surface area contributed by atoms with Gasteiger partial charge in [-0.15, -0.1) is 0 Å². The summed E-state index contributed by atoms with van der Waals surface area (Å²) in [4.78, 5) is 0. The summed E-state index contributed by atoms with van der Waals surface area (Å²) < 4.78 is 15.8. The molecule has 0 fully saturated rings. The van der Waals surface area contributed by atoms with E-state index in [2.05, 4.69) is 15.9 Å². The standard InChI is InChI=1S/C13H18BrClO3/c1-16-5-2-6-17-7-8-18-13-4-3-11(10-14)9-12(13)15/h3-4,9H,2,5-8,10H2,1H3. The largest absolute Gasteiger partial charge is 0.490 e. The summed E-state index contributed by atoms with van der Waals surface area (Å²) in [6.45, 7) is 2.47. The Balaban J connectivity index is 2.19. The van der Waals surface area contributed by atoms with Crippen LogP contribution in [-0.2, 0) is 14.8 Å². The molecule has 0 N–H and O–H groups in total. The molecule has 0 saturated carbocycles. The topological polar surface area (TPSA) is 27.7 Å². The Morgan fingerprint density at radius 3 is 2.67 bits per heavy atom. The van der Waals surface area contributed by atoms with Crippen LogP contribution in [0.2, 0.25) is 5.02 Å². The second-order valence-electron chi connectivity index (χ2n) is 3.71. The van der Waals surface area contributed by atoms with Gasteiger partial charge < -0.3 is 14.2 Å². The molecule has 0 aliphatic carbocycles. The number of ether oxygens (including phenoxy) is 3. The van der Waals surface area contributed by atoms with E-state index in [0.717, 1.165) is 23.9 Å². The number of benzene rings is 1. The van der Waals surface area contributed by atoms with Crippen molar-refractivity contribution in [3.63, 3.8) is 0 Å². The van der Waals surface area contributed by atoms with Crippen molar-refractivity contribution in [1.29, 1.82) is 0 Å². The summed E-state index contributed by atoms with van der Waals surface area (Å²) in [5.41, 5.74) is 1.13. The highest BCUT2D eigenvalue weighted by Crippen LogP contribution is 2.26. The monoisotopic (exact) mass is 336 g/mol. The molecule has 0 spiro atoms. The van der Waals surface area contributed by atoms with Crippen LogP contribution in [0.1, 0.15) is 12.0 Å². The molecule has 3 nitrogen and oxygen atoms in total. The van der Waals surface area contributed by atoms with E-state index in [4.69, 9.17) is 25.8 Å². The molecule has 1 aromatic carbocycles. The highest BCUT2D eigenvalue weighted by Gasteiger charge is 2.02. The molecule has 5 heteroatoms. The molecule has 1 aromatic rings. The van der Waals surface area contributed by atoms with Gasteiger partial charge in [-0.3, -0.25) is 0 Å². The fraction of sp³-hybridized carbons (Fsp3) is 0.538. The third kappa shape index (κ3) is 6.05. The van der Waals surface area contributed by atoms with Crippen molar-refractivity contribution in [3.8, 4) is 5.75 Å². The van der Waals surface area contributed by atoms with Crippen LogP contribution in [0.3, 0.4) is 0 Å². The summed E-state index contributed by atoms with van der Waals surface area (Å²) in [5.74, 6) is 0.696. The van der Waals surface area contributed by atoms with Gasteiger partial charge in [0.15, 0.2) is 0 Å². The van der Waals surface area contributed by atoms with Gasteiger partial charge in [-0.25, -0.2) is 0 Å². The maximum Gasteiger partial charge on any atom is 0.138 e. The van der Waals surface area contributed by atoms with Crippen molar-refractivity contribution in [2.75, 3.05) is 33.5 Å². The van der Waals surface area contributed by atoms with E-state index in [9.17, 15) is 0 Å². The normalized spacial score (nSPS) is 10.6. The second kappa shape index (κ2) is 9.62. The Morgan fingerprint density at radius 2 is 2.00 bits per heavy atom. The van der Waals surface area contributed by atoms with Crippen LogP contribution in [0.15, 0.2) is 18.2 Å². The van der Waals surface area contributed by atoms with Crippen molar-refractivity contribution < 1.29 is 14.2 Å². The van der Waals surface area contributed by atoms with Gasteiger partial charge in [-0.1, -0.05) is 33.6 Å². The Kier molecular flexibility index (Phi) is 8.42. The molecule has 0 unspecified atom stereocenters. The number of alkyl halides is 1. The predicted molar refractivity (Wildman–Crippen MR) is 76.9 cm³/mol. The van der Waals surface area contributed by atoms with Gasteiger partial charge in [-0.05, 0) is 24.1 Å². The number of hydrogen-bond donors (Lipinski definition) is 0. The fourth-order valence-corrected chi connectivity index (χ4v) is 1.97. The molecule has 0 radical (unpaired) electrons. The van der Waals surface area contributed by atoms with Crippen LogP contribution >= 0.6 is 27.5 Å². The molecule has 0 amide bonds. The zero-order chi connectivity index (χ0) is 13.2. The molecule has 0 atom stereocenters. The summed E-state index contributed by atoms with van der Waals surface area (Å²) in [7, 11) is 1.68. The number of halogens is 2. The highest BCUT2D eigenvalue weighted by molar-refractivity contribution is 9.08. The van der Waals surface area contributed by atoms with Gasteiger partial charge >= 0.3 is 0 Å². The smallest absolute Gasteiger partial charge is 0.138 e. The first-order chi connectivity index (χ1) is 8.77. The molecule has 102 valence electrons. The van der Waals surface area contributed by atoms with Crippen LogP contribution in [0.5, 0.6) is 5.75 Å². The Bertz CT molecular complexity index is 347. The van der Waals surface area contributed by atoms with E-state index in [1.165, 1.54) is 0 Å². The van der Waals surface area contributed by atoms with Crippen LogP contribution in [0.25, 0.3) is 0 Å². The lowest BCUT2D eigenvalue weighted by Crippen LogP contribution is -2.08. The average Bonchev–Trinajstić information content (AvgIpc) is 2.39. The third-order valence-corrected chi connectivity index (χ3v) is 3.22. The van der Waals surface area contributed by atoms with E-state index >= 15 is 0 Å². The summed E-state index contributed by atoms with van der Waals surface area (Å²) in [6, 6.07) is 5.75. The van der Waals surface area contributed by atoms with Crippen LogP contribution in [0.4, 0.5) is 0 Å². The first-order valence-electron chi connectivity index (χ1n) is 5.81. The lowest BCUT2D eigenvalue weighted by Gasteiger charge is -2.09. The van der Waals surface area contributed by atoms with Crippen molar-refractivity contribution in [2.24, 2.45) is 0 Å². The Morgan fingerprint density at radius 1 is 1.17 bits per heavy atom. The zero-order valence-electron chi connectivity index (χ0n) is 10.5. The van der Waals surface area contributed by atoms with Crippen molar-refractivity contribution in [1.82, 2.24) is 0 Å². The minimum absolute atomic E-state index is 0.500. The molecule has 0 bridgehead atoms. The maximum absolute atomic E-state index is 6.09. The number of methoxy groups -OCH3 is 1. The molecule has 0 heterocycles. The van der Waals surface area contributed by atoms with Crippen molar-refractivity contribution in [3.05, 3.63) is 28.8 Å². The molecule has 0 saturated heterocycles. The van der Waals surface area contributed by atoms with E-state index in [0.29, 0.717) is 30.6 Å². The summed E-state index contributed by atoms with van der Waals surface area (Å²) in [5, 5.41) is 1.42. The first-order valence-corrected chi connectivity index (χ1v) is 7.31. The van der Waals surface area contributed by atoms with E-state index in [1.54, 1.807) is 7.11 Å². The van der Waals surface area contributed by atoms with Gasteiger partial charge in [0.2, 0.25) is 0 Å². The molecule has 0 aromatic heterocycles. The third-order valence-electron chi connectivity index (χ3n) is 2.27. The SMILES string of the molecule is COCCCOCCOc1ccc(CBr)cc1Cl. The number of hydrogen-bond acceptors (Lipinski definition) is 3. The molecular weight excluding hydrogens is 319 g/mol. The molecular formula is C13H18BrClO3. The van der Waals surface area contributed by atoms with Crippen molar-refractivity contribution >= 4 is 27.5 Å². The first kappa shape index (κ1) is 15.8. The van der Waals surface area contributed by atoms with Gasteiger partial charge in [0.05, 0.1) is 11.6 Å². The zero-order valence-corrected chi connectivity index (χ0v) is 12.8. The van der Waals surface area contributed by atoms with Crippen LogP contribution < -0.4 is 4.74 Å². The van der Waals surface area contributed by atoms with E-state index in [1.807, 2.05) is 18.2 Å². The van der Waals surface area contributed by atoms with Crippen LogP contribution in [-0.4, -0.2) is 33.5 Å². The van der Waals surface area contributed by atoms with Gasteiger partial charge in [0, 0.05) is 25.7 Å². The van der Waals surface area contributed by atoms with Gasteiger partial charge in [-0.2, -0.15) is 0 Å². The highest BCUT2D eigenvalue weighted by atomic mass is 79.9. The quantitative estimate of drug-likeness (QED) is 0.508. The minimum atomic E-state index is 0.500. The molecule has 1 rings (SSSR count). The van der Waals surface area contributed by atoms with Crippen LogP contribution in [0, 0.1) is 0 Å². The van der Waals surface area contributed by atoms with Crippen molar-refractivity contribution in [2.45, 2.75) is 11.8 Å². The van der Waals surface area contributed by atoms with E-state index < -0.39 is 0 Å². The van der Waals surface area contributed by atoms with Gasteiger partial charge in [0.1, 0.15) is 12.4 Å². The van der Waals surface area contributed by atoms with E-state index in [-0.39, 0.29) is 0 Å². The lowest BCUT2D eigenvalue weighted by molar-refractivity contribution is 0.0807. The summed E-state index contributed by atoms with van der Waals surface area (Å²) >= 11 is 9.47. The Labute approximate surface area is 121 Å². The average molecular weight is 338 g/mol. The molecule has 0 aliphatic rings. The maximum atomic E-state index is 6.09. The summed E-state index contributed by atoms with van der Waals surface area (Å²) in [6.07, 6.45) is 0.900.